The van der Waals surface area contributed by atoms with Gasteiger partial charge >= 0.3 is 5.97 Å². The smallest absolute Gasteiger partial charge is 0.333 e. The van der Waals surface area contributed by atoms with Gasteiger partial charge in [-0.3, -0.25) is 19.2 Å². The molecule has 392 valence electrons. The third-order valence-corrected chi connectivity index (χ3v) is 15.1. The Hall–Kier alpha value is -7.23. The van der Waals surface area contributed by atoms with E-state index in [0.29, 0.717) is 85.8 Å². The number of amides is 4. The molecule has 0 radical (unpaired) electrons. The van der Waals surface area contributed by atoms with E-state index in [4.69, 9.17) is 28.5 Å². The molecule has 75 heavy (non-hydrogen) atoms. The van der Waals surface area contributed by atoms with Crippen molar-refractivity contribution in [2.24, 2.45) is 5.92 Å². The standard InChI is InChI=1S/C60H66N4O11/c1-5-22-71-24-25-72-23-21-61(20-10-15-58(67)75-64-56(65)18-19-57(64)66)47-29-40(36-73-53-33-42-16-17-46-31-43-11-6-8-13-50(43)62(46)59(68)48(42)27-39(53)3)28-41(30-47)37-74-55-34-45-26-38(2)52-32-44-12-7-9-14-51(44)63(52)60(69)49(45)35-54(55)70-4/h6-9,11-14,27-30,33-35,38,46,52H,5,10,15-26,31-32,36-37H2,1-4H3/t38?,46-,52+/m1/s1. The van der Waals surface area contributed by atoms with Crippen LogP contribution in [-0.2, 0) is 67.6 Å². The van der Waals surface area contributed by atoms with Gasteiger partial charge in [-0.2, -0.15) is 0 Å². The summed E-state index contributed by atoms with van der Waals surface area (Å²) >= 11 is 0. The number of methoxy groups -OCH3 is 1. The maximum absolute atomic E-state index is 14.4. The van der Waals surface area contributed by atoms with E-state index in [1.807, 2.05) is 89.5 Å². The number of nitrogens with zero attached hydrogens (tertiary/aromatic N) is 4. The van der Waals surface area contributed by atoms with Crippen LogP contribution in [0.25, 0.3) is 0 Å². The Morgan fingerprint density at radius 1 is 0.653 bits per heavy atom. The average molecular weight is 1020 g/mol. The van der Waals surface area contributed by atoms with Gasteiger partial charge < -0.3 is 43.2 Å². The summed E-state index contributed by atoms with van der Waals surface area (Å²) in [6.07, 6.45) is 5.19. The summed E-state index contributed by atoms with van der Waals surface area (Å²) < 4.78 is 31.0. The second-order valence-corrected chi connectivity index (χ2v) is 20.3. The number of hydrogen-bond acceptors (Lipinski definition) is 12. The highest BCUT2D eigenvalue weighted by Crippen LogP contribution is 2.43. The molecule has 0 saturated carbocycles. The van der Waals surface area contributed by atoms with Gasteiger partial charge in [-0.25, -0.2) is 4.79 Å². The van der Waals surface area contributed by atoms with Gasteiger partial charge in [0.15, 0.2) is 11.5 Å². The highest BCUT2D eigenvalue weighted by molar-refractivity contribution is 6.10. The predicted molar refractivity (Wildman–Crippen MR) is 283 cm³/mol. The maximum atomic E-state index is 14.4. The Morgan fingerprint density at radius 2 is 1.29 bits per heavy atom. The number of anilines is 3. The lowest BCUT2D eigenvalue weighted by Gasteiger charge is -2.27. The Morgan fingerprint density at radius 3 is 2.01 bits per heavy atom. The van der Waals surface area contributed by atoms with Crippen molar-refractivity contribution in [2.75, 3.05) is 61.3 Å². The third-order valence-electron chi connectivity index (χ3n) is 15.1. The quantitative estimate of drug-likeness (QED) is 0.0509. The van der Waals surface area contributed by atoms with E-state index >= 15 is 0 Å². The Balaban J connectivity index is 0.922. The topological polar surface area (TPSA) is 154 Å². The van der Waals surface area contributed by atoms with Crippen LogP contribution in [0.2, 0.25) is 0 Å². The minimum absolute atomic E-state index is 0.0164. The van der Waals surface area contributed by atoms with Crippen molar-refractivity contribution in [3.8, 4) is 17.2 Å². The average Bonchev–Trinajstić information content (AvgIpc) is 4.05. The first-order valence-corrected chi connectivity index (χ1v) is 26.5. The number of hydrogen-bond donors (Lipinski definition) is 0. The SMILES string of the molecule is CCCOCCOCCN(CCCC(=O)ON1C(=O)CCC1=O)c1cc(COc2cc3c(cc2C)C(=O)N2c4ccccc4C[C@H]2CC3)cc(COc2cc3c(cc2OC)C(=O)N2c4ccccc4C[C@H]2C(C)C3)c1. The fourth-order valence-electron chi connectivity index (χ4n) is 11.3. The van der Waals surface area contributed by atoms with Gasteiger partial charge in [-0.15, -0.1) is 5.06 Å². The van der Waals surface area contributed by atoms with E-state index in [1.165, 1.54) is 11.1 Å². The van der Waals surface area contributed by atoms with Crippen LogP contribution in [0.15, 0.2) is 91.0 Å². The first kappa shape index (κ1) is 51.3. The molecule has 5 aliphatic rings. The number of para-hydroxylation sites is 2. The van der Waals surface area contributed by atoms with Crippen molar-refractivity contribution in [1.82, 2.24) is 5.06 Å². The molecule has 0 N–H and O–H groups in total. The number of ether oxygens (including phenoxy) is 5. The summed E-state index contributed by atoms with van der Waals surface area (Å²) in [5.74, 6) is 0.109. The van der Waals surface area contributed by atoms with E-state index < -0.39 is 17.8 Å². The molecule has 0 aromatic heterocycles. The maximum Gasteiger partial charge on any atom is 0.333 e. The number of rotatable bonds is 21. The minimum atomic E-state index is -0.668. The van der Waals surface area contributed by atoms with Crippen molar-refractivity contribution in [3.63, 3.8) is 0 Å². The molecule has 10 rings (SSSR count). The van der Waals surface area contributed by atoms with Gasteiger partial charge in [0.25, 0.3) is 23.6 Å². The number of hydroxylamine groups is 2. The fraction of sp³-hybridized carbons (Fsp3) is 0.417. The molecule has 0 spiro atoms. The molecule has 15 heteroatoms. The van der Waals surface area contributed by atoms with Gasteiger partial charge in [0.1, 0.15) is 19.0 Å². The van der Waals surface area contributed by atoms with Crippen molar-refractivity contribution in [2.45, 2.75) is 110 Å². The van der Waals surface area contributed by atoms with E-state index in [-0.39, 0.29) is 62.3 Å². The number of aryl methyl sites for hydroxylation is 2. The molecular formula is C60H66N4O11. The summed E-state index contributed by atoms with van der Waals surface area (Å²) in [6.45, 7) is 9.35. The summed E-state index contributed by atoms with van der Waals surface area (Å²) in [5.41, 5.74) is 10.9. The molecule has 4 amide bonds. The molecule has 5 heterocycles. The fourth-order valence-corrected chi connectivity index (χ4v) is 11.3. The minimum Gasteiger partial charge on any atom is -0.493 e. The number of benzene rings is 5. The second-order valence-electron chi connectivity index (χ2n) is 20.3. The normalized spacial score (nSPS) is 18.4. The molecule has 15 nitrogen and oxygen atoms in total. The molecule has 5 aromatic rings. The second kappa shape index (κ2) is 22.7. The number of carbonyl (C=O) groups is 5. The summed E-state index contributed by atoms with van der Waals surface area (Å²) in [7, 11) is 1.58. The van der Waals surface area contributed by atoms with Gasteiger partial charge in [0.2, 0.25) is 0 Å². The lowest BCUT2D eigenvalue weighted by Crippen LogP contribution is -2.40. The van der Waals surface area contributed by atoms with Crippen molar-refractivity contribution in [1.29, 1.82) is 0 Å². The molecular weight excluding hydrogens is 953 g/mol. The van der Waals surface area contributed by atoms with E-state index in [9.17, 15) is 24.0 Å². The zero-order valence-corrected chi connectivity index (χ0v) is 43.4. The number of imide groups is 1. The highest BCUT2D eigenvalue weighted by atomic mass is 16.7. The molecule has 3 atom stereocenters. The van der Waals surface area contributed by atoms with Crippen LogP contribution < -0.4 is 28.9 Å². The van der Waals surface area contributed by atoms with Gasteiger partial charge in [-0.05, 0) is 151 Å². The molecule has 0 aliphatic carbocycles. The molecule has 1 unspecified atom stereocenters. The lowest BCUT2D eigenvalue weighted by atomic mass is 9.91. The Bertz CT molecular complexity index is 2980. The van der Waals surface area contributed by atoms with E-state index in [1.54, 1.807) is 7.11 Å². The highest BCUT2D eigenvalue weighted by Gasteiger charge is 2.42. The Kier molecular flexibility index (Phi) is 15.5. The predicted octanol–water partition coefficient (Wildman–Crippen LogP) is 9.08. The zero-order valence-electron chi connectivity index (χ0n) is 43.4. The van der Waals surface area contributed by atoms with Crippen LogP contribution in [0.5, 0.6) is 17.2 Å². The molecule has 0 bridgehead atoms. The summed E-state index contributed by atoms with van der Waals surface area (Å²) in [6, 6.07) is 30.4. The van der Waals surface area contributed by atoms with Crippen LogP contribution in [0.4, 0.5) is 17.1 Å². The molecule has 5 aliphatic heterocycles. The first-order chi connectivity index (χ1) is 36.5. The largest absolute Gasteiger partial charge is 0.493 e. The zero-order chi connectivity index (χ0) is 52.2. The van der Waals surface area contributed by atoms with Gasteiger partial charge in [0.05, 0.1) is 26.9 Å². The summed E-state index contributed by atoms with van der Waals surface area (Å²) in [5, 5.41) is 0.579. The molecule has 5 aromatic carbocycles. The monoisotopic (exact) mass is 1020 g/mol. The van der Waals surface area contributed by atoms with Crippen molar-refractivity contribution < 1.29 is 52.5 Å². The van der Waals surface area contributed by atoms with Crippen LogP contribution in [0.1, 0.15) is 112 Å². The van der Waals surface area contributed by atoms with Crippen LogP contribution in [0, 0.1) is 12.8 Å². The third kappa shape index (κ3) is 11.0. The number of fused-ring (bicyclic) bond motifs is 8. The van der Waals surface area contributed by atoms with Gasteiger partial charge in [-0.1, -0.05) is 50.2 Å². The van der Waals surface area contributed by atoms with Crippen molar-refractivity contribution >= 4 is 46.7 Å². The first-order valence-electron chi connectivity index (χ1n) is 26.5. The van der Waals surface area contributed by atoms with Crippen LogP contribution in [-0.4, -0.2) is 93.4 Å². The lowest BCUT2D eigenvalue weighted by molar-refractivity contribution is -0.197. The van der Waals surface area contributed by atoms with Crippen molar-refractivity contribution in [3.05, 3.63) is 141 Å². The van der Waals surface area contributed by atoms with E-state index in [0.717, 1.165) is 77.0 Å². The Labute approximate surface area is 438 Å². The molecule has 1 saturated heterocycles. The van der Waals surface area contributed by atoms with E-state index in [2.05, 4.69) is 36.9 Å². The van der Waals surface area contributed by atoms with Crippen LogP contribution in [0.3, 0.4) is 0 Å². The number of carbonyl (C=O) groups excluding carboxylic acids is 5. The summed E-state index contributed by atoms with van der Waals surface area (Å²) in [4.78, 5) is 77.3. The molecule has 1 fully saturated rings. The van der Waals surface area contributed by atoms with Gasteiger partial charge in [0, 0.05) is 79.2 Å². The van der Waals surface area contributed by atoms with Crippen LogP contribution >= 0.6 is 0 Å².